The van der Waals surface area contributed by atoms with Gasteiger partial charge in [0, 0.05) is 0 Å². The van der Waals surface area contributed by atoms with E-state index in [9.17, 15) is 4.79 Å². The third kappa shape index (κ3) is 2.27. The summed E-state index contributed by atoms with van der Waals surface area (Å²) in [6.45, 7) is -0.250. The average Bonchev–Trinajstić information content (AvgIpc) is 1.72. The Hall–Kier alpha value is -0.450. The fraction of sp³-hybridized carbons (Fsp3) is 0.667. The second kappa shape index (κ2) is 3.73. The minimum Gasteiger partial charge on any atom is -0.394 e. The van der Waals surface area contributed by atoms with Crippen LogP contribution in [-0.2, 0) is 4.79 Å². The summed E-state index contributed by atoms with van der Waals surface area (Å²) in [7, 11) is 0. The van der Waals surface area contributed by atoms with E-state index < -0.39 is 6.04 Å². The van der Waals surface area contributed by atoms with Gasteiger partial charge in [0.05, 0.1) is 12.6 Å². The molecule has 1 atom stereocenters. The fourth-order valence-corrected chi connectivity index (χ4v) is 0.135. The topological polar surface area (TPSA) is 75.3 Å². The van der Waals surface area contributed by atoms with Gasteiger partial charge in [-0.15, -0.1) is 0 Å². The standard InChI is InChI=1S/C3H8N2O2/c4-5-3(1-6)2-7/h1,3,5,7H,2,4H2. The van der Waals surface area contributed by atoms with Gasteiger partial charge >= 0.3 is 0 Å². The van der Waals surface area contributed by atoms with E-state index in [1.807, 2.05) is 0 Å². The normalized spacial score (nSPS) is 13.4. The molecule has 0 aliphatic rings. The average molecular weight is 104 g/mol. The maximum Gasteiger partial charge on any atom is 0.140 e. The molecule has 1 unspecified atom stereocenters. The largest absolute Gasteiger partial charge is 0.394 e. The molecule has 0 bridgehead atoms. The zero-order valence-corrected chi connectivity index (χ0v) is 3.79. The molecular weight excluding hydrogens is 96.0 g/mol. The Balaban J connectivity index is 3.16. The number of hydrazine groups is 1. The van der Waals surface area contributed by atoms with Crippen molar-refractivity contribution in [3.63, 3.8) is 0 Å². The third-order valence-electron chi connectivity index (χ3n) is 0.575. The molecule has 0 aromatic heterocycles. The number of aliphatic hydroxyl groups excluding tert-OH is 1. The van der Waals surface area contributed by atoms with Crippen LogP contribution in [0.5, 0.6) is 0 Å². The Morgan fingerprint density at radius 3 is 2.57 bits per heavy atom. The van der Waals surface area contributed by atoms with E-state index in [1.54, 1.807) is 0 Å². The Morgan fingerprint density at radius 1 is 2.00 bits per heavy atom. The van der Waals surface area contributed by atoms with E-state index in [4.69, 9.17) is 10.9 Å². The van der Waals surface area contributed by atoms with Gasteiger partial charge < -0.3 is 9.90 Å². The number of aliphatic hydroxyl groups is 1. The SMILES string of the molecule is NNC(C=O)CO. The first-order valence-corrected chi connectivity index (χ1v) is 1.87. The predicted molar refractivity (Wildman–Crippen MR) is 24.3 cm³/mol. The van der Waals surface area contributed by atoms with Crippen molar-refractivity contribution in [3.05, 3.63) is 0 Å². The number of hydrogen-bond acceptors (Lipinski definition) is 4. The first-order valence-electron chi connectivity index (χ1n) is 1.87. The van der Waals surface area contributed by atoms with Crippen LogP contribution in [-0.4, -0.2) is 24.0 Å². The summed E-state index contributed by atoms with van der Waals surface area (Å²) in [5.41, 5.74) is 2.08. The first kappa shape index (κ1) is 6.55. The van der Waals surface area contributed by atoms with Crippen molar-refractivity contribution < 1.29 is 9.90 Å². The van der Waals surface area contributed by atoms with Crippen LogP contribution >= 0.6 is 0 Å². The molecule has 0 heterocycles. The molecule has 0 amide bonds. The van der Waals surface area contributed by atoms with Crippen LogP contribution in [0.15, 0.2) is 0 Å². The molecule has 0 rings (SSSR count). The Morgan fingerprint density at radius 2 is 2.57 bits per heavy atom. The number of aldehydes is 1. The van der Waals surface area contributed by atoms with Gasteiger partial charge in [-0.1, -0.05) is 0 Å². The van der Waals surface area contributed by atoms with E-state index in [1.165, 1.54) is 0 Å². The van der Waals surface area contributed by atoms with Crippen molar-refractivity contribution >= 4 is 6.29 Å². The maximum atomic E-state index is 9.66. The smallest absolute Gasteiger partial charge is 0.140 e. The van der Waals surface area contributed by atoms with Crippen LogP contribution in [0.3, 0.4) is 0 Å². The highest BCUT2D eigenvalue weighted by Gasteiger charge is 1.97. The van der Waals surface area contributed by atoms with Gasteiger partial charge in [-0.05, 0) is 0 Å². The van der Waals surface area contributed by atoms with Gasteiger partial charge in [0.25, 0.3) is 0 Å². The van der Waals surface area contributed by atoms with Gasteiger partial charge in [-0.3, -0.25) is 5.84 Å². The molecule has 4 N–H and O–H groups in total. The summed E-state index contributed by atoms with van der Waals surface area (Å²) in [6.07, 6.45) is 0.542. The van der Waals surface area contributed by atoms with Crippen molar-refractivity contribution in [1.29, 1.82) is 0 Å². The van der Waals surface area contributed by atoms with Crippen LogP contribution in [0.2, 0.25) is 0 Å². The van der Waals surface area contributed by atoms with E-state index in [0.717, 1.165) is 0 Å². The molecule has 0 saturated heterocycles. The molecule has 0 fully saturated rings. The molecule has 42 valence electrons. The van der Waals surface area contributed by atoms with Crippen molar-refractivity contribution in [1.82, 2.24) is 5.43 Å². The Bertz CT molecular complexity index is 52.9. The summed E-state index contributed by atoms with van der Waals surface area (Å²) in [6, 6.07) is -0.611. The van der Waals surface area contributed by atoms with Crippen LogP contribution in [0.4, 0.5) is 0 Å². The van der Waals surface area contributed by atoms with Crippen molar-refractivity contribution in [2.75, 3.05) is 6.61 Å². The lowest BCUT2D eigenvalue weighted by Gasteiger charge is -1.99. The molecular formula is C3H8N2O2. The number of nitrogens with one attached hydrogen (secondary N) is 1. The lowest BCUT2D eigenvalue weighted by molar-refractivity contribution is -0.110. The summed E-state index contributed by atoms with van der Waals surface area (Å²) in [5.74, 6) is 4.75. The van der Waals surface area contributed by atoms with Crippen molar-refractivity contribution in [2.45, 2.75) is 6.04 Å². The molecule has 4 nitrogen and oxygen atoms in total. The molecule has 0 saturated carbocycles. The molecule has 0 aromatic carbocycles. The zero-order chi connectivity index (χ0) is 5.70. The minimum atomic E-state index is -0.611. The molecule has 0 aromatic rings. The summed E-state index contributed by atoms with van der Waals surface area (Å²) >= 11 is 0. The van der Waals surface area contributed by atoms with Crippen LogP contribution in [0.1, 0.15) is 0 Å². The monoisotopic (exact) mass is 104 g/mol. The number of hydrogen-bond donors (Lipinski definition) is 3. The molecule has 0 radical (unpaired) electrons. The second-order valence-electron chi connectivity index (χ2n) is 1.09. The Kier molecular flexibility index (Phi) is 3.49. The van der Waals surface area contributed by atoms with Crippen LogP contribution < -0.4 is 11.3 Å². The van der Waals surface area contributed by atoms with Gasteiger partial charge in [0.1, 0.15) is 6.29 Å². The van der Waals surface area contributed by atoms with Gasteiger partial charge in [0.15, 0.2) is 0 Å². The molecule has 0 aliphatic heterocycles. The van der Waals surface area contributed by atoms with E-state index >= 15 is 0 Å². The molecule has 0 aliphatic carbocycles. The number of carbonyl (C=O) groups is 1. The Labute approximate surface area is 41.3 Å². The molecule has 4 heteroatoms. The number of rotatable bonds is 3. The first-order chi connectivity index (χ1) is 3.35. The number of nitrogens with two attached hydrogens (primary N) is 1. The zero-order valence-electron chi connectivity index (χ0n) is 3.79. The quantitative estimate of drug-likeness (QED) is 0.220. The van der Waals surface area contributed by atoms with E-state index in [0.29, 0.717) is 6.29 Å². The third-order valence-corrected chi connectivity index (χ3v) is 0.575. The molecule has 7 heavy (non-hydrogen) atoms. The summed E-state index contributed by atoms with van der Waals surface area (Å²) in [4.78, 5) is 9.66. The van der Waals surface area contributed by atoms with Gasteiger partial charge in [0.2, 0.25) is 0 Å². The highest BCUT2D eigenvalue weighted by molar-refractivity contribution is 5.57. The fourth-order valence-electron chi connectivity index (χ4n) is 0.135. The van der Waals surface area contributed by atoms with Gasteiger partial charge in [-0.25, -0.2) is 5.43 Å². The lowest BCUT2D eigenvalue weighted by Crippen LogP contribution is -2.38. The summed E-state index contributed by atoms with van der Waals surface area (Å²) in [5, 5.41) is 8.15. The van der Waals surface area contributed by atoms with Crippen LogP contribution in [0, 0.1) is 0 Å². The van der Waals surface area contributed by atoms with E-state index in [2.05, 4.69) is 5.43 Å². The highest BCUT2D eigenvalue weighted by atomic mass is 16.3. The lowest BCUT2D eigenvalue weighted by atomic mass is 10.4. The highest BCUT2D eigenvalue weighted by Crippen LogP contribution is 1.65. The van der Waals surface area contributed by atoms with Crippen molar-refractivity contribution in [3.8, 4) is 0 Å². The maximum absolute atomic E-state index is 9.66. The van der Waals surface area contributed by atoms with Crippen molar-refractivity contribution in [2.24, 2.45) is 5.84 Å². The van der Waals surface area contributed by atoms with E-state index in [-0.39, 0.29) is 6.61 Å². The molecule has 0 spiro atoms. The number of carbonyl (C=O) groups excluding carboxylic acids is 1. The van der Waals surface area contributed by atoms with Gasteiger partial charge in [-0.2, -0.15) is 0 Å². The second-order valence-corrected chi connectivity index (χ2v) is 1.09. The predicted octanol–water partition coefficient (Wildman–Crippen LogP) is -1.99. The van der Waals surface area contributed by atoms with Crippen LogP contribution in [0.25, 0.3) is 0 Å². The summed E-state index contributed by atoms with van der Waals surface area (Å²) < 4.78 is 0. The minimum absolute atomic E-state index is 0.250.